The van der Waals surface area contributed by atoms with Crippen molar-refractivity contribution in [2.24, 2.45) is 0 Å². The van der Waals surface area contributed by atoms with Crippen LogP contribution in [0.2, 0.25) is 0 Å². The molecule has 0 aliphatic heterocycles. The molecule has 64 valence electrons. The summed E-state index contributed by atoms with van der Waals surface area (Å²) in [5.41, 5.74) is 0. The van der Waals surface area contributed by atoms with Crippen LogP contribution in [-0.2, 0) is 0 Å². The summed E-state index contributed by atoms with van der Waals surface area (Å²) < 4.78 is 0. The predicted molar refractivity (Wildman–Crippen MR) is 54.2 cm³/mol. The lowest BCUT2D eigenvalue weighted by atomic mass is 10.4. The second-order valence-corrected chi connectivity index (χ2v) is 10.5. The highest BCUT2D eigenvalue weighted by molar-refractivity contribution is 9.58. The first-order valence-corrected chi connectivity index (χ1v) is 7.89. The molecule has 0 aromatic rings. The lowest BCUT2D eigenvalue weighted by molar-refractivity contribution is 0.322. The Balaban J connectivity index is 3.42. The molecule has 0 radical (unpaired) electrons. The van der Waals surface area contributed by atoms with Crippen LogP contribution >= 0.6 is 23.3 Å². The van der Waals surface area contributed by atoms with E-state index in [1.54, 1.807) is 0 Å². The highest BCUT2D eigenvalue weighted by atomic mass is 79.9. The first kappa shape index (κ1) is 10.8. The van der Waals surface area contributed by atoms with Crippen LogP contribution < -0.4 is 0 Å². The minimum absolute atomic E-state index is 0.320. The number of aliphatic hydroxyl groups excluding tert-OH is 1. The fraction of sp³-hybridized carbons (Fsp3) is 1.00. The quantitative estimate of drug-likeness (QED) is 0.768. The molecule has 0 rings (SSSR count). The summed E-state index contributed by atoms with van der Waals surface area (Å²) in [6.45, 7) is 2.52. The molecule has 1 unspecified atom stereocenters. The summed E-state index contributed by atoms with van der Waals surface area (Å²) in [5, 5.41) is 8.69. The molecule has 0 saturated carbocycles. The molecule has 1 atom stereocenters. The molecule has 10 heavy (non-hydrogen) atoms. The molecular weight excluding hydrogens is 212 g/mol. The Kier molecular flexibility index (Phi) is 5.87. The largest absolute Gasteiger partial charge is 0.396 e. The maximum atomic E-state index is 8.69. The van der Waals surface area contributed by atoms with Gasteiger partial charge in [0.1, 0.15) is 0 Å². The van der Waals surface area contributed by atoms with Crippen molar-refractivity contribution in [1.29, 1.82) is 0 Å². The molecule has 0 aromatic heterocycles. The average Bonchev–Trinajstić information content (AvgIpc) is 1.84. The SMILES string of the molecule is CCCCS(C)(Br)CCO. The summed E-state index contributed by atoms with van der Waals surface area (Å²) in [7, 11) is -0.631. The van der Waals surface area contributed by atoms with Crippen molar-refractivity contribution in [3.8, 4) is 0 Å². The van der Waals surface area contributed by atoms with Crippen molar-refractivity contribution < 1.29 is 5.11 Å². The smallest absolute Gasteiger partial charge is 0.0514 e. The minimum Gasteiger partial charge on any atom is -0.396 e. The van der Waals surface area contributed by atoms with E-state index in [2.05, 4.69) is 28.0 Å². The number of aliphatic hydroxyl groups is 1. The van der Waals surface area contributed by atoms with Crippen LogP contribution in [0.15, 0.2) is 0 Å². The zero-order valence-corrected chi connectivity index (χ0v) is 9.17. The maximum absolute atomic E-state index is 8.69. The Morgan fingerprint density at radius 3 is 2.40 bits per heavy atom. The second-order valence-electron chi connectivity index (χ2n) is 2.64. The van der Waals surface area contributed by atoms with E-state index in [9.17, 15) is 0 Å². The maximum Gasteiger partial charge on any atom is 0.0514 e. The van der Waals surface area contributed by atoms with Gasteiger partial charge in [0, 0.05) is 5.75 Å². The van der Waals surface area contributed by atoms with Crippen molar-refractivity contribution >= 4 is 23.3 Å². The van der Waals surface area contributed by atoms with Crippen LogP contribution in [0.25, 0.3) is 0 Å². The molecule has 3 heteroatoms. The van der Waals surface area contributed by atoms with E-state index in [0.717, 1.165) is 5.75 Å². The number of halogens is 1. The topological polar surface area (TPSA) is 20.2 Å². The van der Waals surface area contributed by atoms with E-state index in [-0.39, 0.29) is 0 Å². The molecule has 0 aliphatic carbocycles. The first-order valence-electron chi connectivity index (χ1n) is 3.66. The number of hydrogen-bond acceptors (Lipinski definition) is 1. The highest BCUT2D eigenvalue weighted by Gasteiger charge is 2.11. The molecular formula is C7H17BrOS. The fourth-order valence-corrected chi connectivity index (χ4v) is 3.33. The summed E-state index contributed by atoms with van der Waals surface area (Å²) in [5.74, 6) is 2.18. The van der Waals surface area contributed by atoms with Crippen LogP contribution in [0.3, 0.4) is 0 Å². The zero-order chi connectivity index (χ0) is 8.04. The number of unbranched alkanes of at least 4 members (excludes halogenated alkanes) is 1. The lowest BCUT2D eigenvalue weighted by Crippen LogP contribution is -2.03. The number of hydrogen-bond donors (Lipinski definition) is 1. The van der Waals surface area contributed by atoms with Crippen LogP contribution in [0.1, 0.15) is 19.8 Å². The Hall–Kier alpha value is 0.790. The molecule has 0 aliphatic rings. The van der Waals surface area contributed by atoms with Crippen LogP contribution in [-0.4, -0.2) is 29.5 Å². The Labute approximate surface area is 72.7 Å². The molecule has 1 nitrogen and oxygen atoms in total. The first-order chi connectivity index (χ1) is 4.62. The fourth-order valence-electron chi connectivity index (χ4n) is 0.738. The summed E-state index contributed by atoms with van der Waals surface area (Å²) in [6, 6.07) is 0. The van der Waals surface area contributed by atoms with E-state index in [0.29, 0.717) is 6.61 Å². The predicted octanol–water partition coefficient (Wildman–Crippen LogP) is 2.52. The lowest BCUT2D eigenvalue weighted by Gasteiger charge is -2.27. The zero-order valence-electron chi connectivity index (χ0n) is 6.77. The Morgan fingerprint density at radius 2 is 2.00 bits per heavy atom. The van der Waals surface area contributed by atoms with Gasteiger partial charge in [-0.25, -0.2) is 0 Å². The van der Waals surface area contributed by atoms with Crippen molar-refractivity contribution in [3.63, 3.8) is 0 Å². The van der Waals surface area contributed by atoms with Gasteiger partial charge in [0.25, 0.3) is 0 Å². The van der Waals surface area contributed by atoms with Crippen LogP contribution in [0.4, 0.5) is 0 Å². The van der Waals surface area contributed by atoms with Gasteiger partial charge >= 0.3 is 0 Å². The molecule has 0 bridgehead atoms. The van der Waals surface area contributed by atoms with Gasteiger partial charge in [-0.3, -0.25) is 0 Å². The second kappa shape index (κ2) is 5.44. The molecule has 0 heterocycles. The van der Waals surface area contributed by atoms with Gasteiger partial charge in [-0.15, -0.1) is 0 Å². The monoisotopic (exact) mass is 228 g/mol. The summed E-state index contributed by atoms with van der Waals surface area (Å²) in [6.07, 6.45) is 4.75. The summed E-state index contributed by atoms with van der Waals surface area (Å²) in [4.78, 5) is 0. The molecule has 0 spiro atoms. The normalized spacial score (nSPS) is 20.0. The van der Waals surface area contributed by atoms with Gasteiger partial charge in [0.15, 0.2) is 0 Å². The van der Waals surface area contributed by atoms with Crippen molar-refractivity contribution in [2.75, 3.05) is 24.4 Å². The van der Waals surface area contributed by atoms with Gasteiger partial charge in [-0.05, 0) is 33.2 Å². The van der Waals surface area contributed by atoms with Crippen molar-refractivity contribution in [3.05, 3.63) is 0 Å². The van der Waals surface area contributed by atoms with Crippen molar-refractivity contribution in [1.82, 2.24) is 0 Å². The van der Waals surface area contributed by atoms with Crippen LogP contribution in [0, 0.1) is 0 Å². The summed E-state index contributed by atoms with van der Waals surface area (Å²) >= 11 is 3.67. The molecule has 0 fully saturated rings. The molecule has 0 aromatic carbocycles. The third-order valence-electron chi connectivity index (χ3n) is 1.44. The molecule has 0 saturated heterocycles. The van der Waals surface area contributed by atoms with E-state index >= 15 is 0 Å². The highest BCUT2D eigenvalue weighted by Crippen LogP contribution is 2.52. The van der Waals surface area contributed by atoms with Gasteiger partial charge in [0.05, 0.1) is 6.61 Å². The Bertz CT molecular complexity index is 85.7. The van der Waals surface area contributed by atoms with Gasteiger partial charge in [-0.1, -0.05) is 13.3 Å². The van der Waals surface area contributed by atoms with Crippen molar-refractivity contribution in [2.45, 2.75) is 19.8 Å². The third kappa shape index (κ3) is 5.57. The number of rotatable bonds is 5. The average molecular weight is 229 g/mol. The van der Waals surface area contributed by atoms with Crippen LogP contribution in [0.5, 0.6) is 0 Å². The molecule has 0 amide bonds. The van der Waals surface area contributed by atoms with E-state index in [1.165, 1.54) is 18.6 Å². The van der Waals surface area contributed by atoms with Gasteiger partial charge < -0.3 is 5.11 Å². The third-order valence-corrected chi connectivity index (χ3v) is 5.56. The van der Waals surface area contributed by atoms with Gasteiger partial charge in [0.2, 0.25) is 0 Å². The van der Waals surface area contributed by atoms with E-state index in [4.69, 9.17) is 5.11 Å². The molecule has 1 N–H and O–H groups in total. The minimum atomic E-state index is -0.631. The van der Waals surface area contributed by atoms with E-state index < -0.39 is 8.46 Å². The van der Waals surface area contributed by atoms with E-state index in [1.807, 2.05) is 0 Å². The van der Waals surface area contributed by atoms with Gasteiger partial charge in [-0.2, -0.15) is 8.46 Å². The standard InChI is InChI=1S/C7H17BrOS/c1-3-4-6-10(2,8)7-5-9/h9H,3-7H2,1-2H3. The Morgan fingerprint density at radius 1 is 1.40 bits per heavy atom.